The van der Waals surface area contributed by atoms with E-state index in [1.807, 2.05) is 0 Å². The third-order valence-electron chi connectivity index (χ3n) is 15.3. The number of nitrogens with zero attached hydrogens (tertiary/aromatic N) is 2. The molecule has 0 spiro atoms. The number of rotatable bonds is 1. The first-order valence-electron chi connectivity index (χ1n) is 22.9. The molecule has 0 unspecified atom stereocenters. The number of fused-ring (bicyclic) bond motifs is 18. The Bertz CT molecular complexity index is 3900. The van der Waals surface area contributed by atoms with E-state index in [1.54, 1.807) is 0 Å². The highest BCUT2D eigenvalue weighted by atomic mass is 16.3. The number of anilines is 2. The molecule has 0 saturated carbocycles. The first-order chi connectivity index (χ1) is 30.8. The van der Waals surface area contributed by atoms with Gasteiger partial charge in [0.15, 0.2) is 0 Å². The minimum Gasteiger partial charge on any atom is -0.456 e. The molecule has 0 bridgehead atoms. The smallest absolute Gasteiger partial charge is 0.333 e. The Hall–Kier alpha value is -6.98. The standard InChI is InChI=1S/C59H47BN2O2/c1-57(2,3)32-17-20-34(21-18-32)62-47-29-42-41-27-33(58(4,5)6)19-25-50(41)64-52(42)30-40(47)36-22-23-38-53-46(24-26-51-54(53)37-14-10-12-16-49(37)63-51)61-48-31-44-39(28-45(48)60(62)55(36)56(38)61)35-13-9-11-15-43(35)59(44,7)8/h9-31H,1-8H3. The first kappa shape index (κ1) is 36.5. The van der Waals surface area contributed by atoms with Crippen LogP contribution in [0.2, 0.25) is 0 Å². The maximum atomic E-state index is 6.80. The fraction of sp³-hybridized carbons (Fsp3) is 0.186. The van der Waals surface area contributed by atoms with Gasteiger partial charge in [0.2, 0.25) is 0 Å². The van der Waals surface area contributed by atoms with E-state index < -0.39 is 0 Å². The van der Waals surface area contributed by atoms with Crippen LogP contribution in [-0.2, 0) is 16.2 Å². The number of furan rings is 2. The lowest BCUT2D eigenvalue weighted by Crippen LogP contribution is -2.60. The van der Waals surface area contributed by atoms with Gasteiger partial charge < -0.3 is 18.2 Å². The van der Waals surface area contributed by atoms with Crippen LogP contribution in [0.15, 0.2) is 148 Å². The van der Waals surface area contributed by atoms with Gasteiger partial charge in [-0.25, -0.2) is 0 Å². The summed E-state index contributed by atoms with van der Waals surface area (Å²) in [4.78, 5) is 2.66. The molecular weight excluding hydrogens is 779 g/mol. The molecule has 64 heavy (non-hydrogen) atoms. The summed E-state index contributed by atoms with van der Waals surface area (Å²) in [5.74, 6) is 0. The molecule has 8 aromatic carbocycles. The zero-order valence-corrected chi connectivity index (χ0v) is 37.6. The lowest BCUT2D eigenvalue weighted by molar-refractivity contribution is 0.590. The molecule has 0 N–H and O–H groups in total. The summed E-state index contributed by atoms with van der Waals surface area (Å²) in [6.45, 7) is 18.4. The van der Waals surface area contributed by atoms with Gasteiger partial charge in [0.25, 0.3) is 0 Å². The van der Waals surface area contributed by atoms with Crippen molar-refractivity contribution < 1.29 is 8.83 Å². The largest absolute Gasteiger partial charge is 0.456 e. The molecule has 3 aliphatic rings. The lowest BCUT2D eigenvalue weighted by Gasteiger charge is -2.42. The first-order valence-corrected chi connectivity index (χ1v) is 22.9. The van der Waals surface area contributed by atoms with Crippen molar-refractivity contribution in [1.82, 2.24) is 4.57 Å². The number of hydrogen-bond acceptors (Lipinski definition) is 3. The molecule has 3 aromatic heterocycles. The topological polar surface area (TPSA) is 34.5 Å². The van der Waals surface area contributed by atoms with Crippen LogP contribution in [0.25, 0.3) is 93.6 Å². The molecular formula is C59H47BN2O2. The Balaban J connectivity index is 1.16. The minimum absolute atomic E-state index is 0.00314. The van der Waals surface area contributed by atoms with Crippen molar-refractivity contribution in [1.29, 1.82) is 0 Å². The second-order valence-electron chi connectivity index (χ2n) is 21.3. The van der Waals surface area contributed by atoms with E-state index >= 15 is 0 Å². The number of aromatic nitrogens is 1. The predicted octanol–water partition coefficient (Wildman–Crippen LogP) is 14.7. The van der Waals surface area contributed by atoms with Crippen molar-refractivity contribution in [2.45, 2.75) is 71.6 Å². The highest BCUT2D eigenvalue weighted by Gasteiger charge is 2.46. The van der Waals surface area contributed by atoms with Gasteiger partial charge in [0.05, 0.1) is 11.0 Å². The summed E-state index contributed by atoms with van der Waals surface area (Å²) < 4.78 is 16.0. The van der Waals surface area contributed by atoms with Crippen molar-refractivity contribution in [3.8, 4) is 27.9 Å². The second kappa shape index (κ2) is 11.8. The molecule has 0 amide bonds. The van der Waals surface area contributed by atoms with Gasteiger partial charge in [-0.1, -0.05) is 134 Å². The molecule has 0 saturated heterocycles. The summed E-state index contributed by atoms with van der Waals surface area (Å²) in [7, 11) is 0. The van der Waals surface area contributed by atoms with Gasteiger partial charge in [0.1, 0.15) is 22.3 Å². The molecule has 0 radical (unpaired) electrons. The minimum atomic E-state index is -0.166. The van der Waals surface area contributed by atoms with E-state index in [9.17, 15) is 0 Å². The van der Waals surface area contributed by atoms with Crippen molar-refractivity contribution in [3.63, 3.8) is 0 Å². The molecule has 1 aliphatic carbocycles. The van der Waals surface area contributed by atoms with Gasteiger partial charge in [-0.15, -0.1) is 0 Å². The van der Waals surface area contributed by atoms with E-state index in [1.165, 1.54) is 99.7 Å². The molecule has 5 heteroatoms. The summed E-state index contributed by atoms with van der Waals surface area (Å²) in [6, 6.07) is 52.9. The Morgan fingerprint density at radius 3 is 2.00 bits per heavy atom. The van der Waals surface area contributed by atoms with Crippen LogP contribution in [0.4, 0.5) is 11.4 Å². The van der Waals surface area contributed by atoms with Crippen LogP contribution < -0.4 is 15.7 Å². The van der Waals surface area contributed by atoms with E-state index in [0.717, 1.165) is 38.5 Å². The van der Waals surface area contributed by atoms with Gasteiger partial charge in [-0.2, -0.15) is 0 Å². The van der Waals surface area contributed by atoms with Gasteiger partial charge in [0, 0.05) is 60.4 Å². The van der Waals surface area contributed by atoms with Gasteiger partial charge in [-0.05, 0) is 121 Å². The second-order valence-corrected chi connectivity index (χ2v) is 21.3. The summed E-state index contributed by atoms with van der Waals surface area (Å²) in [5, 5.41) is 7.11. The van der Waals surface area contributed by atoms with Gasteiger partial charge in [-0.3, -0.25) is 0 Å². The Kier molecular flexibility index (Phi) is 6.72. The predicted molar refractivity (Wildman–Crippen MR) is 269 cm³/mol. The van der Waals surface area contributed by atoms with E-state index in [4.69, 9.17) is 8.83 Å². The SMILES string of the molecule is CC(C)(C)c1ccc(N2B3c4cc5c(cc4-n4c6ccc7oc8ccccc8c7c6c6ccc(c3c64)-c3cc4oc6ccc(C(C)(C)C)cc6c4cc32)C(C)(C)c2ccccc2-5)cc1. The van der Waals surface area contributed by atoms with Crippen LogP contribution >= 0.6 is 0 Å². The lowest BCUT2D eigenvalue weighted by atomic mass is 9.43. The van der Waals surface area contributed by atoms with Crippen molar-refractivity contribution >= 4 is 94.8 Å². The van der Waals surface area contributed by atoms with Crippen LogP contribution in [-0.4, -0.2) is 11.4 Å². The molecule has 0 atom stereocenters. The highest BCUT2D eigenvalue weighted by molar-refractivity contribution is 6.93. The van der Waals surface area contributed by atoms with Crippen LogP contribution in [0, 0.1) is 0 Å². The number of benzene rings is 8. The van der Waals surface area contributed by atoms with Crippen molar-refractivity contribution in [2.75, 3.05) is 4.81 Å². The molecule has 14 rings (SSSR count). The summed E-state index contributed by atoms with van der Waals surface area (Å²) in [5.41, 5.74) is 22.7. The molecule has 5 heterocycles. The quantitative estimate of drug-likeness (QED) is 0.155. The monoisotopic (exact) mass is 826 g/mol. The molecule has 11 aromatic rings. The van der Waals surface area contributed by atoms with Crippen LogP contribution in [0.3, 0.4) is 0 Å². The third-order valence-corrected chi connectivity index (χ3v) is 15.3. The fourth-order valence-electron chi connectivity index (χ4n) is 12.0. The number of para-hydroxylation sites is 1. The maximum absolute atomic E-state index is 6.80. The highest BCUT2D eigenvalue weighted by Crippen LogP contribution is 2.53. The van der Waals surface area contributed by atoms with Crippen molar-refractivity contribution in [3.05, 3.63) is 162 Å². The summed E-state index contributed by atoms with van der Waals surface area (Å²) >= 11 is 0. The summed E-state index contributed by atoms with van der Waals surface area (Å²) in [6.07, 6.45) is 0. The zero-order valence-electron chi connectivity index (χ0n) is 37.6. The van der Waals surface area contributed by atoms with Crippen LogP contribution in [0.5, 0.6) is 0 Å². The Labute approximate surface area is 372 Å². The van der Waals surface area contributed by atoms with Crippen LogP contribution in [0.1, 0.15) is 77.6 Å². The Morgan fingerprint density at radius 2 is 1.19 bits per heavy atom. The fourth-order valence-corrected chi connectivity index (χ4v) is 12.0. The number of hydrogen-bond donors (Lipinski definition) is 0. The molecule has 2 aliphatic heterocycles. The maximum Gasteiger partial charge on any atom is 0.333 e. The van der Waals surface area contributed by atoms with Crippen molar-refractivity contribution in [2.24, 2.45) is 0 Å². The van der Waals surface area contributed by atoms with Gasteiger partial charge >= 0.3 is 6.85 Å². The molecule has 0 fully saturated rings. The third kappa shape index (κ3) is 4.54. The van der Waals surface area contributed by atoms with E-state index in [-0.39, 0.29) is 23.1 Å². The van der Waals surface area contributed by atoms with E-state index in [0.29, 0.717) is 0 Å². The zero-order chi connectivity index (χ0) is 43.3. The molecule has 308 valence electrons. The molecule has 4 nitrogen and oxygen atoms in total. The average molecular weight is 827 g/mol. The Morgan fingerprint density at radius 1 is 0.484 bits per heavy atom. The van der Waals surface area contributed by atoms with E-state index in [2.05, 4.69) is 204 Å². The average Bonchev–Trinajstić information content (AvgIpc) is 4.00. The normalized spacial score (nSPS) is 14.9.